The summed E-state index contributed by atoms with van der Waals surface area (Å²) in [5, 5.41) is 20.4. The fourth-order valence-corrected chi connectivity index (χ4v) is 3.63. The highest BCUT2D eigenvalue weighted by atomic mass is 32.1. The number of aromatic nitrogens is 4. The van der Waals surface area contributed by atoms with Crippen LogP contribution in [0.2, 0.25) is 0 Å². The van der Waals surface area contributed by atoms with Crippen molar-refractivity contribution in [3.63, 3.8) is 0 Å². The van der Waals surface area contributed by atoms with Crippen LogP contribution in [-0.2, 0) is 13.6 Å². The van der Waals surface area contributed by atoms with E-state index >= 15 is 0 Å². The zero-order valence-electron chi connectivity index (χ0n) is 13.8. The van der Waals surface area contributed by atoms with E-state index in [4.69, 9.17) is 0 Å². The molecule has 7 nitrogen and oxygen atoms in total. The standard InChI is InChI=1S/C15H21N5O2S/c1-5-19(9-15(2,3)22)8-11-16-17-14-18(4)13(21)12-10(20(11)14)6-7-23-12/h6-7,22H,5,8-9H2,1-4H3. The number of aryl methyl sites for hydroxylation is 1. The molecular formula is C15H21N5O2S. The number of rotatable bonds is 5. The van der Waals surface area contributed by atoms with Gasteiger partial charge in [0.2, 0.25) is 5.78 Å². The first-order chi connectivity index (χ1) is 10.8. The second kappa shape index (κ2) is 5.70. The largest absolute Gasteiger partial charge is 0.389 e. The highest BCUT2D eigenvalue weighted by Gasteiger charge is 2.21. The lowest BCUT2D eigenvalue weighted by Gasteiger charge is -2.27. The molecule has 0 atom stereocenters. The van der Waals surface area contributed by atoms with Gasteiger partial charge in [0.1, 0.15) is 4.70 Å². The summed E-state index contributed by atoms with van der Waals surface area (Å²) < 4.78 is 4.16. The monoisotopic (exact) mass is 335 g/mol. The van der Waals surface area contributed by atoms with Crippen LogP contribution in [0.25, 0.3) is 16.0 Å². The number of aliphatic hydroxyl groups is 1. The van der Waals surface area contributed by atoms with Crippen molar-refractivity contribution >= 4 is 27.3 Å². The normalized spacial score (nSPS) is 12.8. The molecule has 0 aromatic carbocycles. The van der Waals surface area contributed by atoms with E-state index in [0.29, 0.717) is 23.6 Å². The predicted octanol–water partition coefficient (Wildman–Crippen LogP) is 1.24. The molecule has 124 valence electrons. The van der Waals surface area contributed by atoms with E-state index in [2.05, 4.69) is 15.1 Å². The Balaban J connectivity index is 2.10. The number of hydrogen-bond acceptors (Lipinski definition) is 6. The fraction of sp³-hybridized carbons (Fsp3) is 0.533. The van der Waals surface area contributed by atoms with Crippen molar-refractivity contribution in [1.29, 1.82) is 0 Å². The molecule has 0 amide bonds. The SMILES string of the molecule is CCN(Cc1nnc2n(C)c(=O)c3sccc3n12)CC(C)(C)O. The first kappa shape index (κ1) is 16.1. The molecule has 3 heterocycles. The van der Waals surface area contributed by atoms with Gasteiger partial charge in [-0.3, -0.25) is 18.7 Å². The molecule has 1 N–H and O–H groups in total. The summed E-state index contributed by atoms with van der Waals surface area (Å²) in [6.45, 7) is 7.51. The predicted molar refractivity (Wildman–Crippen MR) is 90.9 cm³/mol. The first-order valence-electron chi connectivity index (χ1n) is 7.56. The van der Waals surface area contributed by atoms with E-state index in [0.717, 1.165) is 17.9 Å². The Kier molecular flexibility index (Phi) is 3.99. The Morgan fingerprint density at radius 2 is 2.13 bits per heavy atom. The van der Waals surface area contributed by atoms with Crippen molar-refractivity contribution in [2.24, 2.45) is 7.05 Å². The van der Waals surface area contributed by atoms with Crippen molar-refractivity contribution in [3.8, 4) is 0 Å². The van der Waals surface area contributed by atoms with Gasteiger partial charge in [-0.25, -0.2) is 0 Å². The minimum Gasteiger partial charge on any atom is -0.389 e. The van der Waals surface area contributed by atoms with Gasteiger partial charge in [-0.2, -0.15) is 0 Å². The number of thiophene rings is 1. The van der Waals surface area contributed by atoms with Crippen LogP contribution >= 0.6 is 11.3 Å². The van der Waals surface area contributed by atoms with Crippen LogP contribution in [-0.4, -0.2) is 47.9 Å². The van der Waals surface area contributed by atoms with Crippen LogP contribution in [0.4, 0.5) is 0 Å². The topological polar surface area (TPSA) is 75.7 Å². The van der Waals surface area contributed by atoms with E-state index in [1.54, 1.807) is 20.9 Å². The van der Waals surface area contributed by atoms with Crippen molar-refractivity contribution < 1.29 is 5.11 Å². The van der Waals surface area contributed by atoms with Gasteiger partial charge in [0.15, 0.2) is 5.82 Å². The molecule has 0 aliphatic heterocycles. The van der Waals surface area contributed by atoms with Gasteiger partial charge in [-0.1, -0.05) is 6.92 Å². The quantitative estimate of drug-likeness (QED) is 0.759. The average Bonchev–Trinajstić information content (AvgIpc) is 3.09. The Hall–Kier alpha value is -1.77. The average molecular weight is 335 g/mol. The van der Waals surface area contributed by atoms with Crippen molar-refractivity contribution in [3.05, 3.63) is 27.6 Å². The molecule has 0 fully saturated rings. The van der Waals surface area contributed by atoms with Gasteiger partial charge in [0.25, 0.3) is 5.56 Å². The smallest absolute Gasteiger partial charge is 0.272 e. The Labute approximate surface area is 137 Å². The van der Waals surface area contributed by atoms with Crippen molar-refractivity contribution in [1.82, 2.24) is 24.1 Å². The molecular weight excluding hydrogens is 314 g/mol. The molecule has 0 saturated carbocycles. The molecule has 0 bridgehead atoms. The lowest BCUT2D eigenvalue weighted by Crippen LogP contribution is -2.38. The molecule has 23 heavy (non-hydrogen) atoms. The Morgan fingerprint density at radius 1 is 1.39 bits per heavy atom. The second-order valence-corrected chi connectivity index (χ2v) is 7.28. The summed E-state index contributed by atoms with van der Waals surface area (Å²) in [4.78, 5) is 14.4. The molecule has 0 radical (unpaired) electrons. The maximum atomic E-state index is 12.3. The van der Waals surface area contributed by atoms with Gasteiger partial charge in [0.05, 0.1) is 17.7 Å². The van der Waals surface area contributed by atoms with Crippen molar-refractivity contribution in [2.45, 2.75) is 32.9 Å². The molecule has 0 saturated heterocycles. The third-order valence-corrected chi connectivity index (χ3v) is 4.71. The lowest BCUT2D eigenvalue weighted by molar-refractivity contribution is 0.0345. The minimum absolute atomic E-state index is 0.0507. The Bertz CT molecular complexity index is 902. The minimum atomic E-state index is -0.777. The molecule has 3 aromatic rings. The highest BCUT2D eigenvalue weighted by Crippen LogP contribution is 2.20. The van der Waals surface area contributed by atoms with E-state index in [1.807, 2.05) is 22.8 Å². The van der Waals surface area contributed by atoms with Gasteiger partial charge in [0, 0.05) is 13.6 Å². The van der Waals surface area contributed by atoms with Crippen LogP contribution in [0.15, 0.2) is 16.2 Å². The number of nitrogens with zero attached hydrogens (tertiary/aromatic N) is 5. The van der Waals surface area contributed by atoms with E-state index in [9.17, 15) is 9.90 Å². The van der Waals surface area contributed by atoms with E-state index in [1.165, 1.54) is 15.9 Å². The highest BCUT2D eigenvalue weighted by molar-refractivity contribution is 7.17. The zero-order valence-corrected chi connectivity index (χ0v) is 14.6. The molecule has 0 aliphatic carbocycles. The maximum absolute atomic E-state index is 12.3. The van der Waals surface area contributed by atoms with Crippen LogP contribution in [0.1, 0.15) is 26.6 Å². The summed E-state index contributed by atoms with van der Waals surface area (Å²) >= 11 is 1.43. The van der Waals surface area contributed by atoms with Gasteiger partial charge >= 0.3 is 0 Å². The number of fused-ring (bicyclic) bond motifs is 3. The van der Waals surface area contributed by atoms with Crippen LogP contribution in [0.3, 0.4) is 0 Å². The van der Waals surface area contributed by atoms with Crippen LogP contribution < -0.4 is 5.56 Å². The molecule has 0 spiro atoms. The van der Waals surface area contributed by atoms with Crippen molar-refractivity contribution in [2.75, 3.05) is 13.1 Å². The summed E-state index contributed by atoms with van der Waals surface area (Å²) in [6.07, 6.45) is 0. The summed E-state index contributed by atoms with van der Waals surface area (Å²) in [7, 11) is 1.71. The third-order valence-electron chi connectivity index (χ3n) is 3.82. The summed E-state index contributed by atoms with van der Waals surface area (Å²) in [5.41, 5.74) is 0.0128. The molecule has 8 heteroatoms. The van der Waals surface area contributed by atoms with Gasteiger partial charge < -0.3 is 5.11 Å². The van der Waals surface area contributed by atoms with Crippen LogP contribution in [0, 0.1) is 0 Å². The summed E-state index contributed by atoms with van der Waals surface area (Å²) in [6, 6.07) is 1.92. The van der Waals surface area contributed by atoms with Gasteiger partial charge in [-0.05, 0) is 31.8 Å². The Morgan fingerprint density at radius 3 is 2.78 bits per heavy atom. The molecule has 3 rings (SSSR count). The number of hydrogen-bond donors (Lipinski definition) is 1. The first-order valence-corrected chi connectivity index (χ1v) is 8.44. The fourth-order valence-electron chi connectivity index (χ4n) is 2.78. The van der Waals surface area contributed by atoms with Gasteiger partial charge in [-0.15, -0.1) is 21.5 Å². The molecule has 0 unspecified atom stereocenters. The second-order valence-electron chi connectivity index (χ2n) is 6.37. The van der Waals surface area contributed by atoms with Crippen LogP contribution in [0.5, 0.6) is 0 Å². The number of likely N-dealkylation sites (N-methyl/N-ethyl adjacent to an activating group) is 1. The van der Waals surface area contributed by atoms with E-state index < -0.39 is 5.60 Å². The molecule has 3 aromatic heterocycles. The molecule has 0 aliphatic rings. The lowest BCUT2D eigenvalue weighted by atomic mass is 10.1. The third kappa shape index (κ3) is 2.89. The zero-order chi connectivity index (χ0) is 16.8. The van der Waals surface area contributed by atoms with E-state index in [-0.39, 0.29) is 5.56 Å². The summed E-state index contributed by atoms with van der Waals surface area (Å²) in [5.74, 6) is 1.31. The maximum Gasteiger partial charge on any atom is 0.272 e.